The Kier molecular flexibility index (Phi) is 4.83. The predicted octanol–water partition coefficient (Wildman–Crippen LogP) is 4.78. The molecule has 2 aromatic carbocycles. The van der Waals surface area contributed by atoms with Crippen molar-refractivity contribution in [2.45, 2.75) is 6.92 Å². The van der Waals surface area contributed by atoms with Gasteiger partial charge in [-0.3, -0.25) is 4.79 Å². The molecule has 104 valence electrons. The van der Waals surface area contributed by atoms with Crippen molar-refractivity contribution in [2.24, 2.45) is 0 Å². The molecular formula is C15H13Br2NO2. The number of benzene rings is 2. The normalized spacial score (nSPS) is 10.2. The van der Waals surface area contributed by atoms with Crippen LogP contribution in [0.2, 0.25) is 0 Å². The Morgan fingerprint density at radius 3 is 2.50 bits per heavy atom. The molecule has 0 radical (unpaired) electrons. The number of carbonyl (C=O) groups excluding carboxylic acids is 1. The zero-order valence-corrected chi connectivity index (χ0v) is 14.2. The van der Waals surface area contributed by atoms with E-state index in [2.05, 4.69) is 37.2 Å². The van der Waals surface area contributed by atoms with Crippen LogP contribution in [0, 0.1) is 6.92 Å². The van der Waals surface area contributed by atoms with Crippen LogP contribution in [0.25, 0.3) is 0 Å². The highest BCUT2D eigenvalue weighted by Gasteiger charge is 2.13. The van der Waals surface area contributed by atoms with E-state index in [0.717, 1.165) is 20.2 Å². The van der Waals surface area contributed by atoms with Gasteiger partial charge in [0.05, 0.1) is 18.4 Å². The van der Waals surface area contributed by atoms with Gasteiger partial charge in [-0.05, 0) is 74.7 Å². The summed E-state index contributed by atoms with van der Waals surface area (Å²) in [7, 11) is 1.57. The highest BCUT2D eigenvalue weighted by molar-refractivity contribution is 9.11. The summed E-state index contributed by atoms with van der Waals surface area (Å²) in [5.41, 5.74) is 2.34. The van der Waals surface area contributed by atoms with Crippen LogP contribution in [-0.4, -0.2) is 13.0 Å². The first-order valence-electron chi connectivity index (χ1n) is 5.92. The number of aryl methyl sites for hydroxylation is 1. The molecule has 0 heterocycles. The molecule has 0 spiro atoms. The van der Waals surface area contributed by atoms with Crippen LogP contribution >= 0.6 is 31.9 Å². The topological polar surface area (TPSA) is 38.3 Å². The van der Waals surface area contributed by atoms with E-state index < -0.39 is 0 Å². The number of methoxy groups -OCH3 is 1. The van der Waals surface area contributed by atoms with Gasteiger partial charge in [0, 0.05) is 8.95 Å². The first kappa shape index (κ1) is 15.1. The van der Waals surface area contributed by atoms with E-state index in [-0.39, 0.29) is 5.91 Å². The Bertz CT molecular complexity index is 656. The third-order valence-electron chi connectivity index (χ3n) is 2.79. The van der Waals surface area contributed by atoms with Gasteiger partial charge in [-0.1, -0.05) is 6.07 Å². The second-order valence-corrected chi connectivity index (χ2v) is 5.99. The van der Waals surface area contributed by atoms with Crippen LogP contribution in [0.3, 0.4) is 0 Å². The first-order chi connectivity index (χ1) is 9.51. The highest BCUT2D eigenvalue weighted by Crippen LogP contribution is 2.27. The second-order valence-electron chi connectivity index (χ2n) is 4.28. The maximum absolute atomic E-state index is 12.3. The van der Waals surface area contributed by atoms with Crippen LogP contribution in [-0.2, 0) is 0 Å². The number of carbonyl (C=O) groups is 1. The van der Waals surface area contributed by atoms with E-state index >= 15 is 0 Å². The Hall–Kier alpha value is -1.33. The van der Waals surface area contributed by atoms with Crippen molar-refractivity contribution >= 4 is 43.5 Å². The average Bonchev–Trinajstić information content (AvgIpc) is 2.43. The number of rotatable bonds is 3. The number of hydrogen-bond donors (Lipinski definition) is 1. The molecule has 0 aliphatic heterocycles. The maximum atomic E-state index is 12.3. The van der Waals surface area contributed by atoms with E-state index in [4.69, 9.17) is 4.74 Å². The van der Waals surface area contributed by atoms with E-state index in [1.165, 1.54) is 0 Å². The molecule has 0 aliphatic rings. The lowest BCUT2D eigenvalue weighted by molar-refractivity contribution is 0.102. The molecule has 0 bridgehead atoms. The molecule has 1 amide bonds. The third kappa shape index (κ3) is 3.41. The van der Waals surface area contributed by atoms with Crippen LogP contribution in [0.1, 0.15) is 15.9 Å². The van der Waals surface area contributed by atoms with Crippen molar-refractivity contribution in [3.63, 3.8) is 0 Å². The lowest BCUT2D eigenvalue weighted by Gasteiger charge is -2.10. The fourth-order valence-electron chi connectivity index (χ4n) is 1.73. The van der Waals surface area contributed by atoms with Crippen LogP contribution in [0.15, 0.2) is 45.3 Å². The molecule has 2 rings (SSSR count). The maximum Gasteiger partial charge on any atom is 0.256 e. The lowest BCUT2D eigenvalue weighted by Crippen LogP contribution is -2.13. The van der Waals surface area contributed by atoms with Gasteiger partial charge in [-0.2, -0.15) is 0 Å². The van der Waals surface area contributed by atoms with E-state index in [1.807, 2.05) is 25.1 Å². The zero-order valence-electron chi connectivity index (χ0n) is 11.0. The molecule has 5 heteroatoms. The minimum absolute atomic E-state index is 0.193. The van der Waals surface area contributed by atoms with Crippen LogP contribution in [0.4, 0.5) is 5.69 Å². The van der Waals surface area contributed by atoms with Crippen molar-refractivity contribution < 1.29 is 9.53 Å². The van der Waals surface area contributed by atoms with Crippen LogP contribution in [0.5, 0.6) is 5.75 Å². The molecule has 20 heavy (non-hydrogen) atoms. The van der Waals surface area contributed by atoms with E-state index in [0.29, 0.717) is 11.3 Å². The van der Waals surface area contributed by atoms with Gasteiger partial charge < -0.3 is 10.1 Å². The molecular weight excluding hydrogens is 386 g/mol. The number of anilines is 1. The van der Waals surface area contributed by atoms with Gasteiger partial charge in [0.2, 0.25) is 0 Å². The van der Waals surface area contributed by atoms with Crippen molar-refractivity contribution in [3.8, 4) is 5.75 Å². The fraction of sp³-hybridized carbons (Fsp3) is 0.133. The molecule has 1 N–H and O–H groups in total. The number of ether oxygens (including phenoxy) is 1. The van der Waals surface area contributed by atoms with Crippen molar-refractivity contribution in [1.29, 1.82) is 0 Å². The fourth-order valence-corrected chi connectivity index (χ4v) is 2.50. The molecule has 0 aliphatic carbocycles. The summed E-state index contributed by atoms with van der Waals surface area (Å²) in [6.45, 7) is 1.98. The van der Waals surface area contributed by atoms with Gasteiger partial charge in [-0.25, -0.2) is 0 Å². The molecule has 2 aromatic rings. The average molecular weight is 399 g/mol. The predicted molar refractivity (Wildman–Crippen MR) is 87.5 cm³/mol. The van der Waals surface area contributed by atoms with Crippen LogP contribution < -0.4 is 10.1 Å². The molecule has 3 nitrogen and oxygen atoms in total. The second kappa shape index (κ2) is 6.41. The monoisotopic (exact) mass is 397 g/mol. The Morgan fingerprint density at radius 2 is 1.80 bits per heavy atom. The molecule has 0 unspecified atom stereocenters. The highest BCUT2D eigenvalue weighted by atomic mass is 79.9. The summed E-state index contributed by atoms with van der Waals surface area (Å²) in [6, 6.07) is 11.1. The summed E-state index contributed by atoms with van der Waals surface area (Å²) in [4.78, 5) is 12.3. The Balaban J connectivity index is 2.30. The Morgan fingerprint density at radius 1 is 1.10 bits per heavy atom. The van der Waals surface area contributed by atoms with Gasteiger partial charge in [0.25, 0.3) is 5.91 Å². The molecule has 0 aromatic heterocycles. The van der Waals surface area contributed by atoms with E-state index in [1.54, 1.807) is 25.3 Å². The SMILES string of the molecule is COc1ccc(Br)c(C(=O)Nc2cc(C)ccc2Br)c1. The smallest absolute Gasteiger partial charge is 0.256 e. The standard InChI is InChI=1S/C15H13Br2NO2/c1-9-3-5-13(17)14(7-9)18-15(19)11-8-10(20-2)4-6-12(11)16/h3-8H,1-2H3,(H,18,19). The number of hydrogen-bond acceptors (Lipinski definition) is 2. The molecule has 0 atom stereocenters. The van der Waals surface area contributed by atoms with Gasteiger partial charge in [-0.15, -0.1) is 0 Å². The molecule has 0 saturated carbocycles. The lowest BCUT2D eigenvalue weighted by atomic mass is 10.2. The molecule has 0 fully saturated rings. The number of halogens is 2. The minimum Gasteiger partial charge on any atom is -0.497 e. The number of nitrogens with one attached hydrogen (secondary N) is 1. The number of amides is 1. The van der Waals surface area contributed by atoms with Crippen molar-refractivity contribution in [2.75, 3.05) is 12.4 Å². The first-order valence-corrected chi connectivity index (χ1v) is 7.51. The summed E-state index contributed by atoms with van der Waals surface area (Å²) in [5, 5.41) is 2.89. The summed E-state index contributed by atoms with van der Waals surface area (Å²) in [5.74, 6) is 0.448. The van der Waals surface area contributed by atoms with Gasteiger partial charge in [0.1, 0.15) is 5.75 Å². The largest absolute Gasteiger partial charge is 0.497 e. The third-order valence-corrected chi connectivity index (χ3v) is 4.17. The molecule has 0 saturated heterocycles. The summed E-state index contributed by atoms with van der Waals surface area (Å²) < 4.78 is 6.71. The van der Waals surface area contributed by atoms with Crippen molar-refractivity contribution in [3.05, 3.63) is 56.5 Å². The minimum atomic E-state index is -0.193. The summed E-state index contributed by atoms with van der Waals surface area (Å²) >= 11 is 6.81. The summed E-state index contributed by atoms with van der Waals surface area (Å²) in [6.07, 6.45) is 0. The zero-order chi connectivity index (χ0) is 14.7. The van der Waals surface area contributed by atoms with Gasteiger partial charge >= 0.3 is 0 Å². The Labute approximate surface area is 134 Å². The van der Waals surface area contributed by atoms with Gasteiger partial charge in [0.15, 0.2) is 0 Å². The van der Waals surface area contributed by atoms with Crippen molar-refractivity contribution in [1.82, 2.24) is 0 Å². The van der Waals surface area contributed by atoms with E-state index in [9.17, 15) is 4.79 Å². The quantitative estimate of drug-likeness (QED) is 0.807.